The van der Waals surface area contributed by atoms with Gasteiger partial charge in [-0.15, -0.1) is 4.40 Å². The van der Waals surface area contributed by atoms with E-state index in [0.717, 1.165) is 10.2 Å². The first kappa shape index (κ1) is 19.8. The molecule has 0 radical (unpaired) electrons. The monoisotopic (exact) mass is 447 g/mol. The first-order valence-electron chi connectivity index (χ1n) is 9.63. The highest BCUT2D eigenvalue weighted by Gasteiger charge is 2.30. The summed E-state index contributed by atoms with van der Waals surface area (Å²) >= 11 is 0. The van der Waals surface area contributed by atoms with Crippen molar-refractivity contribution in [1.82, 2.24) is 9.66 Å². The van der Waals surface area contributed by atoms with Crippen LogP contribution in [0.3, 0.4) is 0 Å². The van der Waals surface area contributed by atoms with Crippen molar-refractivity contribution < 1.29 is 13.5 Å². The minimum atomic E-state index is -4.07. The highest BCUT2D eigenvalue weighted by atomic mass is 32.2. The lowest BCUT2D eigenvalue weighted by Gasteiger charge is -2.20. The zero-order chi connectivity index (χ0) is 22.5. The quantitative estimate of drug-likeness (QED) is 0.441. The maximum absolute atomic E-state index is 13.5. The average Bonchev–Trinajstić information content (AvgIpc) is 2.78. The third-order valence-electron chi connectivity index (χ3n) is 5.07. The number of fused-ring (bicyclic) bond motifs is 2. The molecule has 10 heteroatoms. The number of pyridine rings is 2. The molecule has 0 fully saturated rings. The van der Waals surface area contributed by atoms with Crippen LogP contribution >= 0.6 is 0 Å². The normalized spacial score (nSPS) is 14.3. The molecule has 1 aliphatic rings. The Morgan fingerprint density at radius 1 is 1.03 bits per heavy atom. The SMILES string of the molecule is Cc1ccc(Nn2c(=O)c(C3=NS(=O)(=O)c4ccccc4N3)c(O)c3cccnc32)cc1. The van der Waals surface area contributed by atoms with Gasteiger partial charge < -0.3 is 10.4 Å². The van der Waals surface area contributed by atoms with Crippen LogP contribution in [0.5, 0.6) is 5.75 Å². The molecule has 0 bridgehead atoms. The second-order valence-corrected chi connectivity index (χ2v) is 8.83. The van der Waals surface area contributed by atoms with Crippen molar-refractivity contribution in [1.29, 1.82) is 0 Å². The van der Waals surface area contributed by atoms with Gasteiger partial charge in [0.1, 0.15) is 16.2 Å². The maximum atomic E-state index is 13.5. The molecule has 3 heterocycles. The van der Waals surface area contributed by atoms with Crippen LogP contribution in [0.2, 0.25) is 0 Å². The number of benzene rings is 2. The van der Waals surface area contributed by atoms with Gasteiger partial charge in [0.05, 0.1) is 16.8 Å². The number of hydrogen-bond donors (Lipinski definition) is 3. The third kappa shape index (κ3) is 3.17. The molecule has 0 aliphatic carbocycles. The summed E-state index contributed by atoms with van der Waals surface area (Å²) in [5.74, 6) is -0.683. The van der Waals surface area contributed by atoms with Crippen molar-refractivity contribution in [3.63, 3.8) is 0 Å². The van der Waals surface area contributed by atoms with Crippen LogP contribution in [0, 0.1) is 6.92 Å². The smallest absolute Gasteiger partial charge is 0.286 e. The molecule has 2 aromatic carbocycles. The number of para-hydroxylation sites is 1. The Morgan fingerprint density at radius 2 is 1.78 bits per heavy atom. The number of aromatic hydroxyl groups is 1. The Bertz CT molecular complexity index is 1570. The van der Waals surface area contributed by atoms with Crippen molar-refractivity contribution in [3.05, 3.63) is 88.3 Å². The lowest BCUT2D eigenvalue weighted by Crippen LogP contribution is -2.35. The number of aromatic nitrogens is 2. The Balaban J connectivity index is 1.75. The van der Waals surface area contributed by atoms with E-state index in [4.69, 9.17) is 0 Å². The number of sulfonamides is 1. The summed E-state index contributed by atoms with van der Waals surface area (Å²) in [6, 6.07) is 16.7. The minimum Gasteiger partial charge on any atom is -0.506 e. The molecule has 5 rings (SSSR count). The lowest BCUT2D eigenvalue weighted by atomic mass is 10.1. The van der Waals surface area contributed by atoms with E-state index in [1.165, 1.54) is 12.3 Å². The van der Waals surface area contributed by atoms with Crippen molar-refractivity contribution in [2.24, 2.45) is 4.40 Å². The predicted molar refractivity (Wildman–Crippen MR) is 122 cm³/mol. The lowest BCUT2D eigenvalue weighted by molar-refractivity contribution is 0.478. The van der Waals surface area contributed by atoms with Gasteiger partial charge in [0.2, 0.25) is 0 Å². The van der Waals surface area contributed by atoms with Crippen LogP contribution in [0.1, 0.15) is 11.1 Å². The summed E-state index contributed by atoms with van der Waals surface area (Å²) in [5, 5.41) is 14.0. The molecule has 160 valence electrons. The van der Waals surface area contributed by atoms with Gasteiger partial charge in [0.25, 0.3) is 15.6 Å². The van der Waals surface area contributed by atoms with E-state index in [1.807, 2.05) is 19.1 Å². The van der Waals surface area contributed by atoms with Crippen LogP contribution in [0.4, 0.5) is 11.4 Å². The molecule has 3 N–H and O–H groups in total. The first-order valence-corrected chi connectivity index (χ1v) is 11.1. The van der Waals surface area contributed by atoms with Crippen molar-refractivity contribution in [2.75, 3.05) is 10.7 Å². The molecule has 32 heavy (non-hydrogen) atoms. The van der Waals surface area contributed by atoms with Gasteiger partial charge >= 0.3 is 0 Å². The Kier molecular flexibility index (Phi) is 4.45. The predicted octanol–water partition coefficient (Wildman–Crippen LogP) is 2.85. The number of anilines is 2. The van der Waals surface area contributed by atoms with E-state index in [-0.39, 0.29) is 33.0 Å². The number of hydrogen-bond acceptors (Lipinski definition) is 7. The van der Waals surface area contributed by atoms with Crippen molar-refractivity contribution >= 4 is 38.3 Å². The van der Waals surface area contributed by atoms with E-state index in [0.29, 0.717) is 5.69 Å². The number of rotatable bonds is 3. The Hall–Kier alpha value is -4.18. The van der Waals surface area contributed by atoms with Gasteiger partial charge in [0.15, 0.2) is 11.5 Å². The van der Waals surface area contributed by atoms with Crippen LogP contribution in [0.25, 0.3) is 11.0 Å². The topological polar surface area (TPSA) is 126 Å². The summed E-state index contributed by atoms with van der Waals surface area (Å²) < 4.78 is 30.3. The minimum absolute atomic E-state index is 0.0104. The summed E-state index contributed by atoms with van der Waals surface area (Å²) in [5.41, 5.74) is 4.08. The molecule has 0 spiro atoms. The Morgan fingerprint density at radius 3 is 2.56 bits per heavy atom. The molecule has 0 amide bonds. The van der Waals surface area contributed by atoms with Crippen LogP contribution in [0.15, 0.2) is 80.9 Å². The van der Waals surface area contributed by atoms with Crippen molar-refractivity contribution in [3.8, 4) is 5.75 Å². The molecule has 2 aromatic heterocycles. The molecule has 9 nitrogen and oxygen atoms in total. The van der Waals surface area contributed by atoms with Gasteiger partial charge in [-0.1, -0.05) is 29.8 Å². The molecule has 0 atom stereocenters. The van der Waals surface area contributed by atoms with E-state index < -0.39 is 21.3 Å². The second-order valence-electron chi connectivity index (χ2n) is 7.25. The third-order valence-corrected chi connectivity index (χ3v) is 6.40. The van der Waals surface area contributed by atoms with Gasteiger partial charge in [-0.05, 0) is 43.3 Å². The maximum Gasteiger partial charge on any atom is 0.286 e. The summed E-state index contributed by atoms with van der Waals surface area (Å²) in [6.45, 7) is 1.94. The number of aryl methyl sites for hydroxylation is 1. The van der Waals surface area contributed by atoms with E-state index in [1.54, 1.807) is 42.5 Å². The van der Waals surface area contributed by atoms with Crippen LogP contribution < -0.4 is 16.3 Å². The fraction of sp³-hybridized carbons (Fsp3) is 0.0455. The van der Waals surface area contributed by atoms with Gasteiger partial charge in [0, 0.05) is 6.20 Å². The Labute approximate surface area is 182 Å². The first-order chi connectivity index (χ1) is 15.3. The van der Waals surface area contributed by atoms with Gasteiger partial charge in [-0.3, -0.25) is 10.2 Å². The number of nitrogens with one attached hydrogen (secondary N) is 2. The molecule has 1 aliphatic heterocycles. The fourth-order valence-corrected chi connectivity index (χ4v) is 4.62. The van der Waals surface area contributed by atoms with Crippen molar-refractivity contribution in [2.45, 2.75) is 11.8 Å². The highest BCUT2D eigenvalue weighted by Crippen LogP contribution is 2.31. The largest absolute Gasteiger partial charge is 0.506 e. The number of amidine groups is 1. The van der Waals surface area contributed by atoms with Crippen LogP contribution in [-0.4, -0.2) is 29.0 Å². The zero-order valence-corrected chi connectivity index (χ0v) is 17.6. The standard InChI is InChI=1S/C22H17N5O4S/c1-13-8-10-14(11-9-13)25-27-21-15(5-4-12-23-21)19(28)18(22(27)29)20-24-16-6-2-3-7-17(16)32(30,31)26-20/h2-12,25,28H,1H3,(H,24,26). The molecular weight excluding hydrogens is 430 g/mol. The van der Waals surface area contributed by atoms with E-state index >= 15 is 0 Å². The molecular formula is C22H17N5O4S. The summed E-state index contributed by atoms with van der Waals surface area (Å²) in [4.78, 5) is 17.7. The second kappa shape index (κ2) is 7.20. The fourth-order valence-electron chi connectivity index (χ4n) is 3.50. The molecule has 0 saturated carbocycles. The average molecular weight is 447 g/mol. The van der Waals surface area contributed by atoms with Gasteiger partial charge in [-0.25, -0.2) is 4.98 Å². The summed E-state index contributed by atoms with van der Waals surface area (Å²) in [6.07, 6.45) is 1.49. The van der Waals surface area contributed by atoms with Crippen LogP contribution in [-0.2, 0) is 10.0 Å². The zero-order valence-electron chi connectivity index (χ0n) is 16.8. The van der Waals surface area contributed by atoms with Gasteiger partial charge in [-0.2, -0.15) is 13.1 Å². The van der Waals surface area contributed by atoms with E-state index in [2.05, 4.69) is 20.1 Å². The molecule has 4 aromatic rings. The number of nitrogens with zero attached hydrogens (tertiary/aromatic N) is 3. The van der Waals surface area contributed by atoms with E-state index in [9.17, 15) is 18.3 Å². The summed E-state index contributed by atoms with van der Waals surface area (Å²) in [7, 11) is -4.07. The highest BCUT2D eigenvalue weighted by molar-refractivity contribution is 7.90. The molecule has 0 saturated heterocycles. The molecule has 0 unspecified atom stereocenters.